The zero-order chi connectivity index (χ0) is 22.1. The van der Waals surface area contributed by atoms with Crippen LogP contribution < -0.4 is 4.74 Å². The molecule has 162 valence electrons. The lowest BCUT2D eigenvalue weighted by molar-refractivity contribution is 0.0698. The van der Waals surface area contributed by atoms with E-state index in [1.807, 2.05) is 71.1 Å². The van der Waals surface area contributed by atoms with Crippen molar-refractivity contribution >= 4 is 11.6 Å². The minimum atomic E-state index is -0.0255. The number of likely N-dealkylation sites (tertiary alicyclic amines) is 1. The van der Waals surface area contributed by atoms with Gasteiger partial charge in [-0.05, 0) is 61.7 Å². The molecular weight excluding hydrogens is 402 g/mol. The van der Waals surface area contributed by atoms with Gasteiger partial charge in [-0.2, -0.15) is 5.10 Å². The van der Waals surface area contributed by atoms with E-state index in [0.717, 1.165) is 53.4 Å². The van der Waals surface area contributed by atoms with Crippen LogP contribution in [0, 0.1) is 6.92 Å². The molecule has 7 heteroatoms. The smallest absolute Gasteiger partial charge is 0.272 e. The minimum Gasteiger partial charge on any atom is -0.497 e. The van der Waals surface area contributed by atoms with Crippen molar-refractivity contribution in [3.05, 3.63) is 78.0 Å². The Balaban J connectivity index is 1.38. The van der Waals surface area contributed by atoms with E-state index in [9.17, 15) is 4.79 Å². The van der Waals surface area contributed by atoms with Crippen LogP contribution in [0.2, 0.25) is 0 Å². The number of hydrogen-bond donors (Lipinski definition) is 0. The molecule has 1 aliphatic rings. The first kappa shape index (κ1) is 20.2. The predicted molar refractivity (Wildman–Crippen MR) is 122 cm³/mol. The van der Waals surface area contributed by atoms with E-state index in [1.54, 1.807) is 13.2 Å². The average molecular weight is 428 g/mol. The van der Waals surface area contributed by atoms with E-state index < -0.39 is 0 Å². The summed E-state index contributed by atoms with van der Waals surface area (Å²) in [6.07, 6.45) is 3.88. The molecule has 1 fully saturated rings. The summed E-state index contributed by atoms with van der Waals surface area (Å²) in [6.45, 7) is 3.24. The number of ether oxygens (including phenoxy) is 1. The third-order valence-corrected chi connectivity index (χ3v) is 5.93. The monoisotopic (exact) mass is 427 g/mol. The number of piperidine rings is 1. The highest BCUT2D eigenvalue weighted by Crippen LogP contribution is 2.28. The van der Waals surface area contributed by atoms with E-state index in [4.69, 9.17) is 14.8 Å². The van der Waals surface area contributed by atoms with Crippen molar-refractivity contribution < 1.29 is 9.53 Å². The van der Waals surface area contributed by atoms with E-state index in [1.165, 1.54) is 0 Å². The number of rotatable bonds is 4. The van der Waals surface area contributed by atoms with Gasteiger partial charge in [0.15, 0.2) is 11.5 Å². The van der Waals surface area contributed by atoms with E-state index in [0.29, 0.717) is 12.2 Å². The molecule has 0 aliphatic carbocycles. The Morgan fingerprint density at radius 3 is 2.78 bits per heavy atom. The number of pyridine rings is 2. The maximum atomic E-state index is 13.0. The number of aryl methyl sites for hydroxylation is 1. The molecule has 4 aromatic rings. The summed E-state index contributed by atoms with van der Waals surface area (Å²) >= 11 is 0. The molecule has 0 unspecified atom stereocenters. The minimum absolute atomic E-state index is 0.0255. The largest absolute Gasteiger partial charge is 0.497 e. The molecule has 1 atom stereocenters. The second kappa shape index (κ2) is 8.42. The lowest BCUT2D eigenvalue weighted by Gasteiger charge is -2.31. The van der Waals surface area contributed by atoms with Gasteiger partial charge in [-0.1, -0.05) is 18.2 Å². The fourth-order valence-corrected chi connectivity index (χ4v) is 4.24. The molecule has 7 nitrogen and oxygen atoms in total. The Bertz CT molecular complexity index is 1280. The molecule has 1 amide bonds. The number of nitrogens with zero attached hydrogens (tertiary/aromatic N) is 5. The Morgan fingerprint density at radius 1 is 1.06 bits per heavy atom. The Kier molecular flexibility index (Phi) is 5.31. The number of carbonyl (C=O) groups is 1. The third kappa shape index (κ3) is 3.93. The number of fused-ring (bicyclic) bond motifs is 1. The van der Waals surface area contributed by atoms with Crippen LogP contribution >= 0.6 is 0 Å². The lowest BCUT2D eigenvalue weighted by atomic mass is 9.97. The normalized spacial score (nSPS) is 16.3. The second-order valence-corrected chi connectivity index (χ2v) is 8.18. The van der Waals surface area contributed by atoms with E-state index >= 15 is 0 Å². The molecule has 0 N–H and O–H groups in total. The summed E-state index contributed by atoms with van der Waals surface area (Å²) in [5.74, 6) is 1.68. The molecule has 32 heavy (non-hydrogen) atoms. The zero-order valence-corrected chi connectivity index (χ0v) is 18.2. The number of carbonyl (C=O) groups excluding carboxylic acids is 1. The quantitative estimate of drug-likeness (QED) is 0.490. The van der Waals surface area contributed by atoms with Crippen LogP contribution in [0.1, 0.15) is 40.8 Å². The Morgan fingerprint density at radius 2 is 1.94 bits per heavy atom. The van der Waals surface area contributed by atoms with Crippen LogP contribution in [0.3, 0.4) is 0 Å². The molecule has 1 aliphatic heterocycles. The van der Waals surface area contributed by atoms with Gasteiger partial charge in [0.1, 0.15) is 11.4 Å². The van der Waals surface area contributed by atoms with Crippen molar-refractivity contribution in [3.63, 3.8) is 0 Å². The second-order valence-electron chi connectivity index (χ2n) is 8.18. The van der Waals surface area contributed by atoms with Crippen molar-refractivity contribution in [1.82, 2.24) is 24.5 Å². The molecule has 0 saturated carbocycles. The van der Waals surface area contributed by atoms with Crippen molar-refractivity contribution in [2.24, 2.45) is 0 Å². The van der Waals surface area contributed by atoms with Gasteiger partial charge >= 0.3 is 0 Å². The maximum Gasteiger partial charge on any atom is 0.272 e. The van der Waals surface area contributed by atoms with Gasteiger partial charge in [-0.25, -0.2) is 14.5 Å². The SMILES string of the molecule is COc1cccc(-c2ccc3nc([C@H]4CCCN(C(=O)c5cccc(C)n5)C4)nn3c2)c1. The summed E-state index contributed by atoms with van der Waals surface area (Å²) < 4.78 is 7.17. The topological polar surface area (TPSA) is 72.6 Å². The highest BCUT2D eigenvalue weighted by molar-refractivity contribution is 5.92. The third-order valence-electron chi connectivity index (χ3n) is 5.93. The zero-order valence-electron chi connectivity index (χ0n) is 18.2. The molecule has 1 aromatic carbocycles. The fraction of sp³-hybridized carbons (Fsp3) is 0.280. The molecule has 5 rings (SSSR count). The van der Waals surface area contributed by atoms with Gasteiger partial charge in [0.05, 0.1) is 7.11 Å². The molecule has 4 heterocycles. The Labute approximate surface area is 186 Å². The number of methoxy groups -OCH3 is 1. The maximum absolute atomic E-state index is 13.0. The summed E-state index contributed by atoms with van der Waals surface area (Å²) in [4.78, 5) is 24.0. The van der Waals surface area contributed by atoms with Gasteiger partial charge in [0.2, 0.25) is 0 Å². The van der Waals surface area contributed by atoms with Crippen LogP contribution in [0.25, 0.3) is 16.8 Å². The van der Waals surface area contributed by atoms with Crippen molar-refractivity contribution in [1.29, 1.82) is 0 Å². The predicted octanol–water partition coefficient (Wildman–Crippen LogP) is 4.13. The number of hydrogen-bond acceptors (Lipinski definition) is 5. The molecule has 0 bridgehead atoms. The summed E-state index contributed by atoms with van der Waals surface area (Å²) in [5, 5.41) is 4.77. The van der Waals surface area contributed by atoms with Gasteiger partial charge in [0, 0.05) is 36.5 Å². The van der Waals surface area contributed by atoms with Gasteiger partial charge in [-0.3, -0.25) is 4.79 Å². The van der Waals surface area contributed by atoms with Crippen LogP contribution in [-0.2, 0) is 0 Å². The highest BCUT2D eigenvalue weighted by atomic mass is 16.5. The van der Waals surface area contributed by atoms with Crippen LogP contribution in [0.15, 0.2) is 60.8 Å². The highest BCUT2D eigenvalue weighted by Gasteiger charge is 2.28. The fourth-order valence-electron chi connectivity index (χ4n) is 4.24. The summed E-state index contributed by atoms with van der Waals surface area (Å²) in [6, 6.07) is 17.5. The van der Waals surface area contributed by atoms with Crippen molar-refractivity contribution in [2.75, 3.05) is 20.2 Å². The summed E-state index contributed by atoms with van der Waals surface area (Å²) in [7, 11) is 1.67. The first-order valence-electron chi connectivity index (χ1n) is 10.8. The van der Waals surface area contributed by atoms with Gasteiger partial charge < -0.3 is 9.64 Å². The average Bonchev–Trinajstić information content (AvgIpc) is 3.27. The first-order chi connectivity index (χ1) is 15.6. The lowest BCUT2D eigenvalue weighted by Crippen LogP contribution is -2.39. The number of amides is 1. The molecule has 0 spiro atoms. The van der Waals surface area contributed by atoms with Gasteiger partial charge in [0.25, 0.3) is 5.91 Å². The molecular formula is C25H25N5O2. The Hall–Kier alpha value is -3.74. The standard InChI is InChI=1S/C25H25N5O2/c1-17-6-3-10-22(26-17)25(31)29-13-5-8-20(15-29)24-27-23-12-11-19(16-30(23)28-24)18-7-4-9-21(14-18)32-2/h3-4,6-7,9-12,14,16,20H,5,8,13,15H2,1-2H3/t20-/m0/s1. The van der Waals surface area contributed by atoms with Gasteiger partial charge in [-0.15, -0.1) is 0 Å². The molecule has 0 radical (unpaired) electrons. The van der Waals surface area contributed by atoms with Crippen LogP contribution in [0.4, 0.5) is 0 Å². The molecule has 1 saturated heterocycles. The van der Waals surface area contributed by atoms with E-state index in [2.05, 4.69) is 4.98 Å². The van der Waals surface area contributed by atoms with E-state index in [-0.39, 0.29) is 11.8 Å². The van der Waals surface area contributed by atoms with Crippen LogP contribution in [-0.4, -0.2) is 50.6 Å². The van der Waals surface area contributed by atoms with Crippen molar-refractivity contribution in [2.45, 2.75) is 25.7 Å². The summed E-state index contributed by atoms with van der Waals surface area (Å²) in [5.41, 5.74) is 4.24. The number of benzene rings is 1. The van der Waals surface area contributed by atoms with Crippen LogP contribution in [0.5, 0.6) is 5.75 Å². The first-order valence-corrected chi connectivity index (χ1v) is 10.8. The number of aromatic nitrogens is 4. The van der Waals surface area contributed by atoms with Crippen molar-refractivity contribution in [3.8, 4) is 16.9 Å². The molecule has 3 aromatic heterocycles.